The first-order valence-corrected chi connectivity index (χ1v) is 5.59. The van der Waals surface area contributed by atoms with E-state index in [0.29, 0.717) is 6.54 Å². The van der Waals surface area contributed by atoms with Gasteiger partial charge in [-0.05, 0) is 28.1 Å². The van der Waals surface area contributed by atoms with Crippen molar-refractivity contribution < 1.29 is 4.74 Å². The lowest BCUT2D eigenvalue weighted by atomic mass is 10.2. The summed E-state index contributed by atoms with van der Waals surface area (Å²) in [5.41, 5.74) is 6.68. The third kappa shape index (κ3) is 1.75. The van der Waals surface area contributed by atoms with Gasteiger partial charge in [0.15, 0.2) is 0 Å². The zero-order chi connectivity index (χ0) is 10.8. The highest BCUT2D eigenvalue weighted by Gasteiger charge is 2.10. The third-order valence-electron chi connectivity index (χ3n) is 2.41. The van der Waals surface area contributed by atoms with Crippen LogP contribution in [0.5, 0.6) is 5.75 Å². The van der Waals surface area contributed by atoms with Crippen LogP contribution in [0.15, 0.2) is 28.9 Å². The number of benzene rings is 1. The minimum Gasteiger partial charge on any atom is -0.495 e. The van der Waals surface area contributed by atoms with Crippen LogP contribution in [-0.4, -0.2) is 18.2 Å². The van der Waals surface area contributed by atoms with E-state index in [1.54, 1.807) is 7.11 Å². The number of rotatable bonds is 3. The van der Waals surface area contributed by atoms with Crippen LogP contribution in [0.25, 0.3) is 10.9 Å². The standard InChI is InChI=1S/C11H13BrN2O/c1-15-9-4-2-3-8-7-10(12)14(6-5-13)11(8)9/h2-4,7H,5-6,13H2,1H3. The smallest absolute Gasteiger partial charge is 0.143 e. The van der Waals surface area contributed by atoms with Crippen LogP contribution < -0.4 is 10.5 Å². The van der Waals surface area contributed by atoms with E-state index in [0.717, 1.165) is 27.8 Å². The molecule has 15 heavy (non-hydrogen) atoms. The zero-order valence-corrected chi connectivity index (χ0v) is 10.1. The summed E-state index contributed by atoms with van der Waals surface area (Å²) in [7, 11) is 1.68. The summed E-state index contributed by atoms with van der Waals surface area (Å²) >= 11 is 3.53. The molecule has 1 aromatic heterocycles. The van der Waals surface area contributed by atoms with Crippen molar-refractivity contribution in [2.45, 2.75) is 6.54 Å². The van der Waals surface area contributed by atoms with Crippen molar-refractivity contribution in [3.63, 3.8) is 0 Å². The predicted octanol–water partition coefficient (Wildman–Crippen LogP) is 2.37. The largest absolute Gasteiger partial charge is 0.495 e. The molecule has 0 saturated heterocycles. The number of fused-ring (bicyclic) bond motifs is 1. The van der Waals surface area contributed by atoms with Crippen LogP contribution in [0.3, 0.4) is 0 Å². The molecule has 3 nitrogen and oxygen atoms in total. The van der Waals surface area contributed by atoms with Crippen molar-refractivity contribution in [2.24, 2.45) is 5.73 Å². The van der Waals surface area contributed by atoms with Crippen LogP contribution >= 0.6 is 15.9 Å². The number of hydrogen-bond acceptors (Lipinski definition) is 2. The molecule has 2 rings (SSSR count). The van der Waals surface area contributed by atoms with Gasteiger partial charge in [-0.3, -0.25) is 0 Å². The van der Waals surface area contributed by atoms with Crippen LogP contribution in [0.4, 0.5) is 0 Å². The summed E-state index contributed by atoms with van der Waals surface area (Å²) in [6.45, 7) is 1.39. The summed E-state index contributed by atoms with van der Waals surface area (Å²) in [4.78, 5) is 0. The number of methoxy groups -OCH3 is 1. The molecule has 4 heteroatoms. The Morgan fingerprint density at radius 3 is 2.93 bits per heavy atom. The highest BCUT2D eigenvalue weighted by atomic mass is 79.9. The van der Waals surface area contributed by atoms with E-state index in [2.05, 4.69) is 32.6 Å². The fraction of sp³-hybridized carbons (Fsp3) is 0.273. The Hall–Kier alpha value is -1.00. The first-order valence-electron chi connectivity index (χ1n) is 4.79. The molecule has 0 fully saturated rings. The second kappa shape index (κ2) is 4.24. The predicted molar refractivity (Wildman–Crippen MR) is 65.2 cm³/mol. The molecule has 2 N–H and O–H groups in total. The number of ether oxygens (including phenoxy) is 1. The molecule has 0 saturated carbocycles. The Morgan fingerprint density at radius 1 is 1.47 bits per heavy atom. The first-order chi connectivity index (χ1) is 7.27. The van der Waals surface area contributed by atoms with Crippen molar-refractivity contribution in [1.29, 1.82) is 0 Å². The van der Waals surface area contributed by atoms with Gasteiger partial charge in [-0.2, -0.15) is 0 Å². The van der Waals surface area contributed by atoms with Gasteiger partial charge in [0.05, 0.1) is 17.2 Å². The van der Waals surface area contributed by atoms with Gasteiger partial charge >= 0.3 is 0 Å². The molecule has 0 unspecified atom stereocenters. The van der Waals surface area contributed by atoms with Crippen molar-refractivity contribution in [3.05, 3.63) is 28.9 Å². The number of nitrogens with zero attached hydrogens (tertiary/aromatic N) is 1. The molecule has 0 aliphatic rings. The van der Waals surface area contributed by atoms with Gasteiger partial charge in [0, 0.05) is 18.5 Å². The van der Waals surface area contributed by atoms with Crippen molar-refractivity contribution in [3.8, 4) is 5.75 Å². The Morgan fingerprint density at radius 2 is 2.27 bits per heavy atom. The van der Waals surface area contributed by atoms with Gasteiger partial charge in [-0.1, -0.05) is 12.1 Å². The summed E-state index contributed by atoms with van der Waals surface area (Å²) in [5.74, 6) is 0.881. The number of halogens is 1. The lowest BCUT2D eigenvalue weighted by Crippen LogP contribution is -2.10. The Labute approximate surface area is 96.9 Å². The van der Waals surface area contributed by atoms with Crippen LogP contribution in [0.2, 0.25) is 0 Å². The maximum Gasteiger partial charge on any atom is 0.143 e. The first kappa shape index (κ1) is 10.5. The molecule has 0 atom stereocenters. The van der Waals surface area contributed by atoms with Crippen molar-refractivity contribution in [2.75, 3.05) is 13.7 Å². The summed E-state index contributed by atoms with van der Waals surface area (Å²) in [6.07, 6.45) is 0. The number of hydrogen-bond donors (Lipinski definition) is 1. The summed E-state index contributed by atoms with van der Waals surface area (Å²) in [6, 6.07) is 8.09. The topological polar surface area (TPSA) is 40.2 Å². The van der Waals surface area contributed by atoms with E-state index < -0.39 is 0 Å². The number of aromatic nitrogens is 1. The average Bonchev–Trinajstić information content (AvgIpc) is 2.56. The Balaban J connectivity index is 2.71. The number of para-hydroxylation sites is 1. The van der Waals surface area contributed by atoms with Crippen molar-refractivity contribution >= 4 is 26.8 Å². The van der Waals surface area contributed by atoms with Gasteiger partial charge in [0.25, 0.3) is 0 Å². The van der Waals surface area contributed by atoms with E-state index in [9.17, 15) is 0 Å². The molecule has 2 aromatic rings. The minimum absolute atomic E-state index is 0.612. The molecule has 1 heterocycles. The molecule has 0 aliphatic carbocycles. The van der Waals surface area contributed by atoms with Crippen LogP contribution in [0, 0.1) is 0 Å². The average molecular weight is 269 g/mol. The molecule has 1 aromatic carbocycles. The molecular formula is C11H13BrN2O. The molecular weight excluding hydrogens is 256 g/mol. The van der Waals surface area contributed by atoms with E-state index in [1.807, 2.05) is 12.1 Å². The van der Waals surface area contributed by atoms with Gasteiger partial charge in [-0.25, -0.2) is 0 Å². The second-order valence-corrected chi connectivity index (χ2v) is 4.12. The summed E-state index contributed by atoms with van der Waals surface area (Å²) in [5, 5.41) is 1.16. The maximum atomic E-state index is 5.59. The second-order valence-electron chi connectivity index (χ2n) is 3.31. The maximum absolute atomic E-state index is 5.59. The molecule has 0 amide bonds. The van der Waals surface area contributed by atoms with Gasteiger partial charge in [0.1, 0.15) is 5.75 Å². The van der Waals surface area contributed by atoms with E-state index >= 15 is 0 Å². The van der Waals surface area contributed by atoms with Crippen LogP contribution in [0.1, 0.15) is 0 Å². The minimum atomic E-state index is 0.612. The van der Waals surface area contributed by atoms with Gasteiger partial charge in [-0.15, -0.1) is 0 Å². The lowest BCUT2D eigenvalue weighted by molar-refractivity contribution is 0.417. The highest BCUT2D eigenvalue weighted by Crippen LogP contribution is 2.30. The van der Waals surface area contributed by atoms with Gasteiger partial charge < -0.3 is 15.0 Å². The SMILES string of the molecule is COc1cccc2cc(Br)n(CCN)c12. The van der Waals surface area contributed by atoms with Crippen molar-refractivity contribution in [1.82, 2.24) is 4.57 Å². The molecule has 0 aliphatic heterocycles. The third-order valence-corrected chi connectivity index (χ3v) is 3.06. The molecule has 0 radical (unpaired) electrons. The Bertz CT molecular complexity index is 479. The summed E-state index contributed by atoms with van der Waals surface area (Å²) < 4.78 is 8.50. The monoisotopic (exact) mass is 268 g/mol. The molecule has 0 bridgehead atoms. The zero-order valence-electron chi connectivity index (χ0n) is 8.53. The fourth-order valence-corrected chi connectivity index (χ4v) is 2.37. The van der Waals surface area contributed by atoms with E-state index in [-0.39, 0.29) is 0 Å². The molecule has 80 valence electrons. The van der Waals surface area contributed by atoms with Gasteiger partial charge in [0.2, 0.25) is 0 Å². The lowest BCUT2D eigenvalue weighted by Gasteiger charge is -2.08. The van der Waals surface area contributed by atoms with E-state index in [1.165, 1.54) is 0 Å². The number of nitrogens with two attached hydrogens (primary N) is 1. The Kier molecular flexibility index (Phi) is 2.98. The highest BCUT2D eigenvalue weighted by molar-refractivity contribution is 9.10. The quantitative estimate of drug-likeness (QED) is 0.929. The van der Waals surface area contributed by atoms with Crippen LogP contribution in [-0.2, 0) is 6.54 Å². The fourth-order valence-electron chi connectivity index (χ4n) is 1.77. The normalized spacial score (nSPS) is 10.9. The molecule has 0 spiro atoms. The van der Waals surface area contributed by atoms with E-state index in [4.69, 9.17) is 10.5 Å².